The number of rotatable bonds is 2. The summed E-state index contributed by atoms with van der Waals surface area (Å²) in [6, 6.07) is 19.5. The Labute approximate surface area is 150 Å². The molecule has 2 aromatic rings. The third-order valence-electron chi connectivity index (χ3n) is 4.56. The molecule has 1 aliphatic rings. The van der Waals surface area contributed by atoms with E-state index in [9.17, 15) is 5.11 Å². The van der Waals surface area contributed by atoms with Crippen LogP contribution in [0.2, 0.25) is 0 Å². The Balaban J connectivity index is 0.00000208. The molecule has 0 atom stereocenters. The van der Waals surface area contributed by atoms with Gasteiger partial charge in [0.25, 0.3) is 0 Å². The summed E-state index contributed by atoms with van der Waals surface area (Å²) >= 11 is 0. The van der Waals surface area contributed by atoms with Crippen LogP contribution >= 0.6 is 12.4 Å². The fourth-order valence-electron chi connectivity index (χ4n) is 3.03. The highest BCUT2D eigenvalue weighted by molar-refractivity contribution is 5.85. The van der Waals surface area contributed by atoms with E-state index in [4.69, 9.17) is 0 Å². The smallest absolute Gasteiger partial charge is 0.176 e. The molecule has 0 bridgehead atoms. The van der Waals surface area contributed by atoms with Crippen molar-refractivity contribution in [2.45, 2.75) is 18.4 Å². The fourth-order valence-corrected chi connectivity index (χ4v) is 3.03. The van der Waals surface area contributed by atoms with Gasteiger partial charge < -0.3 is 10.0 Å². The molecule has 0 spiro atoms. The number of halogens is 1. The molecule has 0 aliphatic carbocycles. The van der Waals surface area contributed by atoms with E-state index in [1.54, 1.807) is 0 Å². The molecule has 2 nitrogen and oxygen atoms in total. The number of nitrogens with zero attached hydrogens (tertiary/aromatic N) is 1. The van der Waals surface area contributed by atoms with Crippen LogP contribution in [0.15, 0.2) is 60.7 Å². The first-order valence-electron chi connectivity index (χ1n) is 8.23. The molecule has 1 saturated heterocycles. The molecule has 24 heavy (non-hydrogen) atoms. The van der Waals surface area contributed by atoms with Crippen LogP contribution in [-0.2, 0) is 5.60 Å². The highest BCUT2D eigenvalue weighted by Crippen LogP contribution is 2.29. The van der Waals surface area contributed by atoms with Gasteiger partial charge in [0.2, 0.25) is 0 Å². The van der Waals surface area contributed by atoms with E-state index in [0.29, 0.717) is 5.92 Å². The first-order chi connectivity index (χ1) is 11.2. The second kappa shape index (κ2) is 8.35. The summed E-state index contributed by atoms with van der Waals surface area (Å²) in [6.45, 7) is 2.16. The number of aliphatic hydroxyl groups is 1. The molecule has 2 aromatic carbocycles. The Morgan fingerprint density at radius 2 is 1.38 bits per heavy atom. The summed E-state index contributed by atoms with van der Waals surface area (Å²) in [5.41, 5.74) is 0.407. The Bertz CT molecular complexity index is 643. The topological polar surface area (TPSA) is 23.5 Å². The first kappa shape index (κ1) is 18.5. The van der Waals surface area contributed by atoms with Crippen molar-refractivity contribution < 1.29 is 5.11 Å². The van der Waals surface area contributed by atoms with Crippen LogP contribution in [-0.4, -0.2) is 30.1 Å². The van der Waals surface area contributed by atoms with Crippen molar-refractivity contribution in [3.8, 4) is 11.8 Å². The van der Waals surface area contributed by atoms with Gasteiger partial charge in [0.1, 0.15) is 0 Å². The van der Waals surface area contributed by atoms with E-state index in [1.165, 1.54) is 0 Å². The fraction of sp³-hybridized carbons (Fsp3) is 0.333. The Kier molecular flexibility index (Phi) is 6.45. The van der Waals surface area contributed by atoms with Gasteiger partial charge in [-0.1, -0.05) is 72.5 Å². The van der Waals surface area contributed by atoms with Crippen molar-refractivity contribution >= 4 is 12.4 Å². The van der Waals surface area contributed by atoms with Crippen molar-refractivity contribution in [3.05, 3.63) is 71.8 Å². The average molecular weight is 342 g/mol. The average Bonchev–Trinajstić information content (AvgIpc) is 2.62. The predicted octanol–water partition coefficient (Wildman–Crippen LogP) is 3.69. The van der Waals surface area contributed by atoms with Crippen molar-refractivity contribution in [2.75, 3.05) is 20.1 Å². The highest BCUT2D eigenvalue weighted by Gasteiger charge is 2.29. The van der Waals surface area contributed by atoms with Crippen LogP contribution in [0.3, 0.4) is 0 Å². The monoisotopic (exact) mass is 341 g/mol. The molecule has 0 aromatic heterocycles. The molecule has 1 heterocycles. The molecule has 126 valence electrons. The number of piperidine rings is 1. The van der Waals surface area contributed by atoms with E-state index < -0.39 is 5.60 Å². The number of hydrogen-bond acceptors (Lipinski definition) is 2. The molecule has 0 amide bonds. The van der Waals surface area contributed by atoms with Gasteiger partial charge in [0, 0.05) is 17.0 Å². The molecule has 3 heteroatoms. The lowest BCUT2D eigenvalue weighted by atomic mass is 9.86. The van der Waals surface area contributed by atoms with Crippen molar-refractivity contribution in [1.29, 1.82) is 0 Å². The van der Waals surface area contributed by atoms with E-state index in [0.717, 1.165) is 37.1 Å². The SMILES string of the molecule is CN1CCC(C#CC(O)(c2ccccc2)c2ccccc2)CC1.Cl. The number of hydrogen-bond donors (Lipinski definition) is 1. The third kappa shape index (κ3) is 4.19. The van der Waals surface area contributed by atoms with Crippen LogP contribution in [0.25, 0.3) is 0 Å². The molecule has 0 saturated carbocycles. The second-order valence-corrected chi connectivity index (χ2v) is 6.29. The quantitative estimate of drug-likeness (QED) is 0.842. The summed E-state index contributed by atoms with van der Waals surface area (Å²) in [5, 5.41) is 11.4. The Morgan fingerprint density at radius 1 is 0.917 bits per heavy atom. The molecular weight excluding hydrogens is 318 g/mol. The minimum absolute atomic E-state index is 0. The maximum atomic E-state index is 11.4. The lowest BCUT2D eigenvalue weighted by Crippen LogP contribution is -2.30. The minimum atomic E-state index is -1.24. The van der Waals surface area contributed by atoms with Gasteiger partial charge in [0.15, 0.2) is 5.60 Å². The van der Waals surface area contributed by atoms with Crippen LogP contribution in [0, 0.1) is 17.8 Å². The summed E-state index contributed by atoms with van der Waals surface area (Å²) in [7, 11) is 2.15. The lowest BCUT2D eigenvalue weighted by molar-refractivity contribution is 0.144. The van der Waals surface area contributed by atoms with Crippen LogP contribution in [0.1, 0.15) is 24.0 Å². The van der Waals surface area contributed by atoms with Crippen LogP contribution in [0.4, 0.5) is 0 Å². The minimum Gasteiger partial charge on any atom is -0.369 e. The standard InChI is InChI=1S/C21H23NO.ClH/c1-22-16-13-18(14-17-22)12-15-21(23,19-8-4-2-5-9-19)20-10-6-3-7-11-20;/h2-11,18,23H,13-14,16-17H2,1H3;1H. The number of benzene rings is 2. The summed E-state index contributed by atoms with van der Waals surface area (Å²) < 4.78 is 0. The van der Waals surface area contributed by atoms with Gasteiger partial charge >= 0.3 is 0 Å². The van der Waals surface area contributed by atoms with E-state index >= 15 is 0 Å². The van der Waals surface area contributed by atoms with Gasteiger partial charge in [0.05, 0.1) is 0 Å². The lowest BCUT2D eigenvalue weighted by Gasteiger charge is -2.27. The first-order valence-corrected chi connectivity index (χ1v) is 8.23. The van der Waals surface area contributed by atoms with Crippen molar-refractivity contribution in [3.63, 3.8) is 0 Å². The van der Waals surface area contributed by atoms with Gasteiger partial charge in [-0.2, -0.15) is 0 Å². The van der Waals surface area contributed by atoms with Crippen LogP contribution < -0.4 is 0 Å². The van der Waals surface area contributed by atoms with Gasteiger partial charge in [-0.05, 0) is 33.0 Å². The van der Waals surface area contributed by atoms with Crippen molar-refractivity contribution in [2.24, 2.45) is 5.92 Å². The zero-order chi connectivity index (χ0) is 16.1. The molecule has 1 aliphatic heterocycles. The predicted molar refractivity (Wildman–Crippen MR) is 101 cm³/mol. The van der Waals surface area contributed by atoms with E-state index in [1.807, 2.05) is 60.7 Å². The maximum Gasteiger partial charge on any atom is 0.176 e. The van der Waals surface area contributed by atoms with Gasteiger partial charge in [-0.15, -0.1) is 12.4 Å². The molecule has 1 fully saturated rings. The molecule has 0 unspecified atom stereocenters. The van der Waals surface area contributed by atoms with Gasteiger partial charge in [-0.3, -0.25) is 0 Å². The highest BCUT2D eigenvalue weighted by atomic mass is 35.5. The molecule has 0 radical (unpaired) electrons. The van der Waals surface area contributed by atoms with Gasteiger partial charge in [-0.25, -0.2) is 0 Å². The Morgan fingerprint density at radius 3 is 1.83 bits per heavy atom. The zero-order valence-electron chi connectivity index (χ0n) is 14.0. The largest absolute Gasteiger partial charge is 0.369 e. The summed E-state index contributed by atoms with van der Waals surface area (Å²) in [4.78, 5) is 2.33. The Hall–Kier alpha value is -1.79. The van der Waals surface area contributed by atoms with Crippen LogP contribution in [0.5, 0.6) is 0 Å². The normalized spacial score (nSPS) is 15.9. The summed E-state index contributed by atoms with van der Waals surface area (Å²) in [5.74, 6) is 6.92. The molecule has 3 rings (SSSR count). The molecule has 1 N–H and O–H groups in total. The maximum absolute atomic E-state index is 11.4. The molecular formula is C21H24ClNO. The van der Waals surface area contributed by atoms with Crippen molar-refractivity contribution in [1.82, 2.24) is 4.90 Å². The van der Waals surface area contributed by atoms with E-state index in [-0.39, 0.29) is 12.4 Å². The zero-order valence-corrected chi connectivity index (χ0v) is 14.8. The second-order valence-electron chi connectivity index (χ2n) is 6.29. The number of likely N-dealkylation sites (tertiary alicyclic amines) is 1. The summed E-state index contributed by atoms with van der Waals surface area (Å²) in [6.07, 6.45) is 2.15. The van der Waals surface area contributed by atoms with E-state index in [2.05, 4.69) is 23.8 Å². The third-order valence-corrected chi connectivity index (χ3v) is 4.56.